The number of benzene rings is 1. The molecule has 0 aliphatic carbocycles. The van der Waals surface area contributed by atoms with Gasteiger partial charge in [0.15, 0.2) is 0 Å². The van der Waals surface area contributed by atoms with E-state index in [4.69, 9.17) is 0 Å². The molecular weight excluding hydrogens is 208 g/mol. The van der Waals surface area contributed by atoms with Gasteiger partial charge in [-0.3, -0.25) is 4.98 Å². The van der Waals surface area contributed by atoms with Crippen molar-refractivity contribution in [2.75, 3.05) is 7.05 Å². The molecule has 0 saturated carbocycles. The first-order valence-corrected chi connectivity index (χ1v) is 5.88. The summed E-state index contributed by atoms with van der Waals surface area (Å²) in [5, 5.41) is 3.17. The Bertz CT molecular complexity index is 518. The zero-order valence-corrected chi connectivity index (χ0v) is 10.6. The zero-order chi connectivity index (χ0) is 12.3. The van der Waals surface area contributed by atoms with Gasteiger partial charge in [0.1, 0.15) is 0 Å². The molecule has 0 bridgehead atoms. The minimum atomic E-state index is 0.795. The Kier molecular flexibility index (Phi) is 3.55. The van der Waals surface area contributed by atoms with Gasteiger partial charge in [-0.2, -0.15) is 0 Å². The molecule has 0 amide bonds. The van der Waals surface area contributed by atoms with E-state index in [0.717, 1.165) is 12.2 Å². The normalized spacial score (nSPS) is 10.5. The topological polar surface area (TPSA) is 24.9 Å². The van der Waals surface area contributed by atoms with Crippen molar-refractivity contribution in [3.63, 3.8) is 0 Å². The first kappa shape index (κ1) is 11.8. The molecule has 0 unspecified atom stereocenters. The second-order valence-corrected chi connectivity index (χ2v) is 4.35. The molecule has 0 radical (unpaired) electrons. The molecule has 2 aromatic rings. The molecule has 2 nitrogen and oxygen atoms in total. The van der Waals surface area contributed by atoms with Gasteiger partial charge >= 0.3 is 0 Å². The van der Waals surface area contributed by atoms with Crippen LogP contribution in [-0.4, -0.2) is 12.0 Å². The predicted octanol–water partition coefficient (Wildman–Crippen LogP) is 3.08. The van der Waals surface area contributed by atoms with E-state index in [1.54, 1.807) is 0 Å². The van der Waals surface area contributed by atoms with Crippen molar-refractivity contribution in [2.24, 2.45) is 0 Å². The Morgan fingerprint density at radius 2 is 1.94 bits per heavy atom. The van der Waals surface area contributed by atoms with E-state index in [2.05, 4.69) is 48.4 Å². The summed E-state index contributed by atoms with van der Waals surface area (Å²) in [7, 11) is 1.95. The van der Waals surface area contributed by atoms with Crippen molar-refractivity contribution >= 4 is 0 Å². The van der Waals surface area contributed by atoms with E-state index < -0.39 is 0 Å². The van der Waals surface area contributed by atoms with Crippen LogP contribution in [0.1, 0.15) is 16.8 Å². The molecule has 0 atom stereocenters. The largest absolute Gasteiger partial charge is 0.314 e. The molecule has 1 aromatic heterocycles. The van der Waals surface area contributed by atoms with Crippen molar-refractivity contribution < 1.29 is 0 Å². The van der Waals surface area contributed by atoms with Crippen molar-refractivity contribution in [3.05, 3.63) is 53.3 Å². The SMILES string of the molecule is CNCc1ncccc1-c1cc(C)ccc1C. The van der Waals surface area contributed by atoms with Crippen LogP contribution in [0, 0.1) is 13.8 Å². The Morgan fingerprint density at radius 1 is 1.12 bits per heavy atom. The summed E-state index contributed by atoms with van der Waals surface area (Å²) in [5.41, 5.74) is 6.18. The third kappa shape index (κ3) is 2.53. The minimum Gasteiger partial charge on any atom is -0.314 e. The molecule has 88 valence electrons. The number of aryl methyl sites for hydroxylation is 2. The van der Waals surface area contributed by atoms with Gasteiger partial charge in [-0.1, -0.05) is 29.8 Å². The summed E-state index contributed by atoms with van der Waals surface area (Å²) in [6.45, 7) is 5.06. The smallest absolute Gasteiger partial charge is 0.0619 e. The number of nitrogens with zero attached hydrogens (tertiary/aromatic N) is 1. The molecule has 0 aliphatic rings. The van der Waals surface area contributed by atoms with Crippen molar-refractivity contribution in [3.8, 4) is 11.1 Å². The van der Waals surface area contributed by atoms with Crippen LogP contribution in [0.4, 0.5) is 0 Å². The maximum atomic E-state index is 4.45. The van der Waals surface area contributed by atoms with Crippen molar-refractivity contribution in [2.45, 2.75) is 20.4 Å². The van der Waals surface area contributed by atoms with Crippen LogP contribution in [0.3, 0.4) is 0 Å². The van der Waals surface area contributed by atoms with E-state index in [9.17, 15) is 0 Å². The molecule has 0 spiro atoms. The number of rotatable bonds is 3. The maximum Gasteiger partial charge on any atom is 0.0619 e. The van der Waals surface area contributed by atoms with Crippen LogP contribution in [0.5, 0.6) is 0 Å². The van der Waals surface area contributed by atoms with E-state index >= 15 is 0 Å². The van der Waals surface area contributed by atoms with Gasteiger partial charge < -0.3 is 5.32 Å². The lowest BCUT2D eigenvalue weighted by molar-refractivity contribution is 0.793. The number of nitrogens with one attached hydrogen (secondary N) is 1. The van der Waals surface area contributed by atoms with Gasteiger partial charge in [-0.25, -0.2) is 0 Å². The average molecular weight is 226 g/mol. The third-order valence-corrected chi connectivity index (χ3v) is 2.92. The van der Waals surface area contributed by atoms with Crippen molar-refractivity contribution in [1.29, 1.82) is 0 Å². The Hall–Kier alpha value is -1.67. The minimum absolute atomic E-state index is 0.795. The molecule has 0 fully saturated rings. The van der Waals surface area contributed by atoms with Crippen LogP contribution in [-0.2, 0) is 6.54 Å². The van der Waals surface area contributed by atoms with Gasteiger partial charge in [-0.15, -0.1) is 0 Å². The molecule has 0 aliphatic heterocycles. The Balaban J connectivity index is 2.55. The maximum absolute atomic E-state index is 4.45. The standard InChI is InChI=1S/C15H18N2/c1-11-6-7-12(2)14(9-11)13-5-4-8-17-15(13)10-16-3/h4-9,16H,10H2,1-3H3. The lowest BCUT2D eigenvalue weighted by Gasteiger charge is -2.11. The summed E-state index contributed by atoms with van der Waals surface area (Å²) >= 11 is 0. The highest BCUT2D eigenvalue weighted by atomic mass is 14.8. The van der Waals surface area contributed by atoms with Gasteiger partial charge in [0.25, 0.3) is 0 Å². The van der Waals surface area contributed by atoms with Gasteiger partial charge in [-0.05, 0) is 38.1 Å². The highest BCUT2D eigenvalue weighted by molar-refractivity contribution is 5.69. The number of aromatic nitrogens is 1. The molecule has 1 heterocycles. The van der Waals surface area contributed by atoms with Crippen LogP contribution >= 0.6 is 0 Å². The molecular formula is C15H18N2. The fourth-order valence-electron chi connectivity index (χ4n) is 2.02. The first-order chi connectivity index (χ1) is 8.22. The molecule has 1 aromatic carbocycles. The highest BCUT2D eigenvalue weighted by Crippen LogP contribution is 2.26. The van der Waals surface area contributed by atoms with Gasteiger partial charge in [0, 0.05) is 18.3 Å². The van der Waals surface area contributed by atoms with Crippen molar-refractivity contribution in [1.82, 2.24) is 10.3 Å². The molecule has 2 rings (SSSR count). The fourth-order valence-corrected chi connectivity index (χ4v) is 2.02. The molecule has 0 saturated heterocycles. The summed E-state index contributed by atoms with van der Waals surface area (Å²) in [5.74, 6) is 0. The summed E-state index contributed by atoms with van der Waals surface area (Å²) in [4.78, 5) is 4.45. The van der Waals surface area contributed by atoms with Crippen LogP contribution < -0.4 is 5.32 Å². The molecule has 17 heavy (non-hydrogen) atoms. The first-order valence-electron chi connectivity index (χ1n) is 5.88. The fraction of sp³-hybridized carbons (Fsp3) is 0.267. The molecule has 2 heteroatoms. The monoisotopic (exact) mass is 226 g/mol. The van der Waals surface area contributed by atoms with E-state index in [1.165, 1.54) is 22.3 Å². The molecule has 1 N–H and O–H groups in total. The average Bonchev–Trinajstić information content (AvgIpc) is 2.34. The lowest BCUT2D eigenvalue weighted by Crippen LogP contribution is -2.08. The highest BCUT2D eigenvalue weighted by Gasteiger charge is 2.07. The number of pyridine rings is 1. The van der Waals surface area contributed by atoms with Crippen LogP contribution in [0.2, 0.25) is 0 Å². The second kappa shape index (κ2) is 5.11. The van der Waals surface area contributed by atoms with E-state index in [0.29, 0.717) is 0 Å². The lowest BCUT2D eigenvalue weighted by atomic mass is 9.97. The summed E-state index contributed by atoms with van der Waals surface area (Å²) in [6.07, 6.45) is 1.85. The zero-order valence-electron chi connectivity index (χ0n) is 10.6. The van der Waals surface area contributed by atoms with Crippen LogP contribution in [0.25, 0.3) is 11.1 Å². The van der Waals surface area contributed by atoms with E-state index in [1.807, 2.05) is 19.3 Å². The Morgan fingerprint density at radius 3 is 2.71 bits per heavy atom. The summed E-state index contributed by atoms with van der Waals surface area (Å²) in [6, 6.07) is 10.7. The van der Waals surface area contributed by atoms with Gasteiger partial charge in [0.2, 0.25) is 0 Å². The quantitative estimate of drug-likeness (QED) is 0.870. The Labute approximate surface area is 103 Å². The summed E-state index contributed by atoms with van der Waals surface area (Å²) < 4.78 is 0. The number of hydrogen-bond acceptors (Lipinski definition) is 2. The second-order valence-electron chi connectivity index (χ2n) is 4.35. The third-order valence-electron chi connectivity index (χ3n) is 2.92. The van der Waals surface area contributed by atoms with E-state index in [-0.39, 0.29) is 0 Å². The van der Waals surface area contributed by atoms with Gasteiger partial charge in [0.05, 0.1) is 5.69 Å². The van der Waals surface area contributed by atoms with Crippen LogP contribution in [0.15, 0.2) is 36.5 Å². The predicted molar refractivity (Wildman–Crippen MR) is 71.9 cm³/mol. The number of hydrogen-bond donors (Lipinski definition) is 1.